The maximum absolute atomic E-state index is 12.6. The Bertz CT molecular complexity index is 1140. The third-order valence-corrected chi connectivity index (χ3v) is 5.14. The van der Waals surface area contributed by atoms with Gasteiger partial charge in [0.15, 0.2) is 0 Å². The van der Waals surface area contributed by atoms with Gasteiger partial charge in [0.2, 0.25) is 5.91 Å². The van der Waals surface area contributed by atoms with E-state index >= 15 is 0 Å². The van der Waals surface area contributed by atoms with Crippen molar-refractivity contribution in [1.29, 1.82) is 0 Å². The van der Waals surface area contributed by atoms with Crippen LogP contribution in [0, 0.1) is 0 Å². The summed E-state index contributed by atoms with van der Waals surface area (Å²) in [4.78, 5) is 17.1. The first kappa shape index (κ1) is 16.5. The largest absolute Gasteiger partial charge is 0.337 e. The molecule has 0 saturated heterocycles. The molecule has 0 saturated carbocycles. The predicted molar refractivity (Wildman–Crippen MR) is 107 cm³/mol. The lowest BCUT2D eigenvalue weighted by Crippen LogP contribution is -2.26. The molecular formula is C22H19N5O. The summed E-state index contributed by atoms with van der Waals surface area (Å²) in [6, 6.07) is 19.9. The standard InChI is InChI=1S/C22H19N5O/c1-26-13-12-23-21(26)17-14-18(28)24-22-19(17)20(15-8-4-2-5-9-15)25-27(22)16-10-6-3-7-11-16/h2-13,17H,14H2,1H3,(H,24,28)/t17-/m1/s1. The Labute approximate surface area is 162 Å². The molecule has 2 aromatic heterocycles. The number of nitrogens with zero attached hydrogens (tertiary/aromatic N) is 4. The van der Waals surface area contributed by atoms with E-state index in [1.165, 1.54) is 0 Å². The smallest absolute Gasteiger partial charge is 0.226 e. The number of carbonyl (C=O) groups excluding carboxylic acids is 1. The molecule has 138 valence electrons. The number of carbonyl (C=O) groups is 1. The molecular weight excluding hydrogens is 350 g/mol. The maximum Gasteiger partial charge on any atom is 0.226 e. The van der Waals surface area contributed by atoms with Gasteiger partial charge >= 0.3 is 0 Å². The van der Waals surface area contributed by atoms with Crippen LogP contribution in [0.25, 0.3) is 16.9 Å². The minimum atomic E-state index is -0.156. The van der Waals surface area contributed by atoms with Crippen LogP contribution < -0.4 is 5.32 Å². The summed E-state index contributed by atoms with van der Waals surface area (Å²) in [7, 11) is 1.96. The predicted octanol–water partition coefficient (Wildman–Crippen LogP) is 3.75. The number of para-hydroxylation sites is 1. The van der Waals surface area contributed by atoms with E-state index in [4.69, 9.17) is 5.10 Å². The molecule has 3 heterocycles. The Morgan fingerprint density at radius 1 is 1.04 bits per heavy atom. The fourth-order valence-electron chi connectivity index (χ4n) is 3.85. The quantitative estimate of drug-likeness (QED) is 0.598. The molecule has 2 aromatic carbocycles. The molecule has 28 heavy (non-hydrogen) atoms. The molecule has 1 aliphatic heterocycles. The third-order valence-electron chi connectivity index (χ3n) is 5.14. The van der Waals surface area contributed by atoms with Gasteiger partial charge in [0, 0.05) is 37.0 Å². The lowest BCUT2D eigenvalue weighted by molar-refractivity contribution is -0.116. The van der Waals surface area contributed by atoms with Gasteiger partial charge in [-0.2, -0.15) is 5.10 Å². The number of amides is 1. The van der Waals surface area contributed by atoms with Crippen LogP contribution in [0.5, 0.6) is 0 Å². The molecule has 1 aliphatic rings. The van der Waals surface area contributed by atoms with E-state index < -0.39 is 0 Å². The van der Waals surface area contributed by atoms with Gasteiger partial charge in [-0.25, -0.2) is 9.67 Å². The van der Waals surface area contributed by atoms with E-state index in [1.54, 1.807) is 6.20 Å². The molecule has 6 nitrogen and oxygen atoms in total. The van der Waals surface area contributed by atoms with Crippen molar-refractivity contribution in [2.75, 3.05) is 5.32 Å². The van der Waals surface area contributed by atoms with Crippen LogP contribution >= 0.6 is 0 Å². The van der Waals surface area contributed by atoms with E-state index in [2.05, 4.69) is 10.3 Å². The maximum atomic E-state index is 12.6. The average Bonchev–Trinajstić information content (AvgIpc) is 3.32. The van der Waals surface area contributed by atoms with Gasteiger partial charge in [-0.15, -0.1) is 0 Å². The number of anilines is 1. The van der Waals surface area contributed by atoms with Crippen molar-refractivity contribution in [2.24, 2.45) is 7.05 Å². The number of hydrogen-bond donors (Lipinski definition) is 1. The highest BCUT2D eigenvalue weighted by molar-refractivity contribution is 5.96. The fraction of sp³-hybridized carbons (Fsp3) is 0.136. The minimum Gasteiger partial charge on any atom is -0.337 e. The third kappa shape index (κ3) is 2.62. The van der Waals surface area contributed by atoms with Crippen molar-refractivity contribution in [3.05, 3.63) is 84.4 Å². The van der Waals surface area contributed by atoms with Gasteiger partial charge in [-0.05, 0) is 12.1 Å². The average molecular weight is 369 g/mol. The van der Waals surface area contributed by atoms with Crippen LogP contribution in [0.4, 0.5) is 5.82 Å². The van der Waals surface area contributed by atoms with Gasteiger partial charge in [-0.1, -0.05) is 48.5 Å². The van der Waals surface area contributed by atoms with E-state index in [0.29, 0.717) is 12.2 Å². The van der Waals surface area contributed by atoms with Gasteiger partial charge in [0.25, 0.3) is 0 Å². The second kappa shape index (κ2) is 6.49. The first-order chi connectivity index (χ1) is 13.7. The second-order valence-electron chi connectivity index (χ2n) is 6.93. The van der Waals surface area contributed by atoms with Gasteiger partial charge in [0.05, 0.1) is 17.3 Å². The van der Waals surface area contributed by atoms with Crippen LogP contribution in [0.1, 0.15) is 23.7 Å². The van der Waals surface area contributed by atoms with E-state index in [9.17, 15) is 4.79 Å². The van der Waals surface area contributed by atoms with Gasteiger partial charge < -0.3 is 9.88 Å². The van der Waals surface area contributed by atoms with E-state index in [0.717, 1.165) is 28.3 Å². The highest BCUT2D eigenvalue weighted by Gasteiger charge is 2.36. The topological polar surface area (TPSA) is 64.7 Å². The SMILES string of the molecule is Cn1ccnc1[C@@H]1CC(=O)Nc2c1c(-c1ccccc1)nn2-c1ccccc1. The Balaban J connectivity index is 1.79. The van der Waals surface area contributed by atoms with Crippen molar-refractivity contribution in [2.45, 2.75) is 12.3 Å². The molecule has 4 aromatic rings. The summed E-state index contributed by atoms with van der Waals surface area (Å²) >= 11 is 0. The summed E-state index contributed by atoms with van der Waals surface area (Å²) in [6.45, 7) is 0. The molecule has 5 rings (SSSR count). The summed E-state index contributed by atoms with van der Waals surface area (Å²) in [5.41, 5.74) is 3.79. The number of imidazole rings is 1. The molecule has 0 bridgehead atoms. The van der Waals surface area contributed by atoms with Crippen LogP contribution in [0.2, 0.25) is 0 Å². The molecule has 6 heteroatoms. The zero-order valence-electron chi connectivity index (χ0n) is 15.4. The molecule has 1 amide bonds. The number of rotatable bonds is 3. The lowest BCUT2D eigenvalue weighted by Gasteiger charge is -2.24. The number of aromatic nitrogens is 4. The number of nitrogens with one attached hydrogen (secondary N) is 1. The fourth-order valence-corrected chi connectivity index (χ4v) is 3.85. The Kier molecular flexibility index (Phi) is 3.83. The van der Waals surface area contributed by atoms with E-state index in [1.807, 2.05) is 83.2 Å². The summed E-state index contributed by atoms with van der Waals surface area (Å²) in [5, 5.41) is 7.97. The second-order valence-corrected chi connectivity index (χ2v) is 6.93. The van der Waals surface area contributed by atoms with Crippen LogP contribution in [0.3, 0.4) is 0 Å². The number of hydrogen-bond acceptors (Lipinski definition) is 3. The Morgan fingerprint density at radius 3 is 2.43 bits per heavy atom. The van der Waals surface area contributed by atoms with Crippen LogP contribution in [-0.4, -0.2) is 25.2 Å². The number of aryl methyl sites for hydroxylation is 1. The molecule has 0 radical (unpaired) electrons. The lowest BCUT2D eigenvalue weighted by atomic mass is 9.89. The molecule has 1 atom stereocenters. The molecule has 0 spiro atoms. The highest BCUT2D eigenvalue weighted by Crippen LogP contribution is 2.43. The monoisotopic (exact) mass is 369 g/mol. The van der Waals surface area contributed by atoms with Gasteiger partial charge in [0.1, 0.15) is 11.6 Å². The number of benzene rings is 2. The first-order valence-corrected chi connectivity index (χ1v) is 9.23. The summed E-state index contributed by atoms with van der Waals surface area (Å²) < 4.78 is 3.80. The van der Waals surface area contributed by atoms with Crippen molar-refractivity contribution in [3.8, 4) is 16.9 Å². The number of fused-ring (bicyclic) bond motifs is 1. The first-order valence-electron chi connectivity index (χ1n) is 9.23. The molecule has 0 fully saturated rings. The van der Waals surface area contributed by atoms with Crippen LogP contribution in [0.15, 0.2) is 73.1 Å². The van der Waals surface area contributed by atoms with Crippen molar-refractivity contribution >= 4 is 11.7 Å². The zero-order chi connectivity index (χ0) is 19.1. The van der Waals surface area contributed by atoms with Crippen LogP contribution in [-0.2, 0) is 11.8 Å². The van der Waals surface area contributed by atoms with Crippen molar-refractivity contribution < 1.29 is 4.79 Å². The van der Waals surface area contributed by atoms with Gasteiger partial charge in [-0.3, -0.25) is 4.79 Å². The molecule has 0 aliphatic carbocycles. The highest BCUT2D eigenvalue weighted by atomic mass is 16.1. The Morgan fingerprint density at radius 2 is 1.75 bits per heavy atom. The van der Waals surface area contributed by atoms with E-state index in [-0.39, 0.29) is 11.8 Å². The summed E-state index contributed by atoms with van der Waals surface area (Å²) in [5.74, 6) is 1.39. The van der Waals surface area contributed by atoms with Crippen molar-refractivity contribution in [1.82, 2.24) is 19.3 Å². The Hall–Kier alpha value is -3.67. The molecule has 1 N–H and O–H groups in total. The molecule has 0 unspecified atom stereocenters. The van der Waals surface area contributed by atoms with Crippen molar-refractivity contribution in [3.63, 3.8) is 0 Å². The normalized spacial score (nSPS) is 15.9. The zero-order valence-corrected chi connectivity index (χ0v) is 15.4. The minimum absolute atomic E-state index is 0.0304. The summed E-state index contributed by atoms with van der Waals surface area (Å²) in [6.07, 6.45) is 4.02.